The molecule has 17 rings (SSSR count). The maximum atomic E-state index is 5.50. The van der Waals surface area contributed by atoms with Crippen LogP contribution in [0.1, 0.15) is 24.4 Å². The van der Waals surface area contributed by atoms with Crippen molar-refractivity contribution in [3.63, 3.8) is 0 Å². The number of benzene rings is 10. The Bertz CT molecular complexity index is 4970. The lowest BCUT2D eigenvalue weighted by atomic mass is 9.91. The topological polar surface area (TPSA) is 56.7 Å². The van der Waals surface area contributed by atoms with E-state index in [1.54, 1.807) is 0 Å². The monoisotopic (exact) mass is 1010 g/mol. The Morgan fingerprint density at radius 3 is 1.51 bits per heavy atom. The largest absolute Gasteiger partial charge is 0.333 e. The van der Waals surface area contributed by atoms with Crippen LogP contribution < -0.4 is 15.5 Å². The van der Waals surface area contributed by atoms with Crippen LogP contribution in [0.25, 0.3) is 122 Å². The van der Waals surface area contributed by atoms with Crippen LogP contribution >= 0.6 is 0 Å². The van der Waals surface area contributed by atoms with E-state index < -0.39 is 0 Å². The van der Waals surface area contributed by atoms with Gasteiger partial charge in [-0.1, -0.05) is 188 Å². The smallest absolute Gasteiger partial charge is 0.238 e. The zero-order valence-corrected chi connectivity index (χ0v) is 42.9. The average molecular weight is 1010 g/mol. The Balaban J connectivity index is 0.900. The van der Waals surface area contributed by atoms with Crippen LogP contribution in [0.2, 0.25) is 0 Å². The third-order valence-corrected chi connectivity index (χ3v) is 16.8. The van der Waals surface area contributed by atoms with Gasteiger partial charge in [0.2, 0.25) is 5.95 Å². The van der Waals surface area contributed by atoms with Gasteiger partial charge in [-0.15, -0.1) is 0 Å². The highest BCUT2D eigenvalue weighted by Crippen LogP contribution is 2.47. The van der Waals surface area contributed by atoms with Gasteiger partial charge in [-0.2, -0.15) is 9.97 Å². The van der Waals surface area contributed by atoms with E-state index in [1.807, 2.05) is 0 Å². The van der Waals surface area contributed by atoms with Gasteiger partial charge in [0.15, 0.2) is 11.6 Å². The fraction of sp³-hybridized carbons (Fsp3) is 0.0417. The van der Waals surface area contributed by atoms with E-state index >= 15 is 0 Å². The molecule has 7 nitrogen and oxygen atoms in total. The number of rotatable bonds is 6. The van der Waals surface area contributed by atoms with Crippen LogP contribution in [0.3, 0.4) is 0 Å². The predicted octanol–water partition coefficient (Wildman–Crippen LogP) is 15.8. The molecule has 2 bridgehead atoms. The van der Waals surface area contributed by atoms with E-state index in [9.17, 15) is 0 Å². The van der Waals surface area contributed by atoms with E-state index in [0.717, 1.165) is 61.2 Å². The minimum atomic E-state index is -0.0180. The third-order valence-electron chi connectivity index (χ3n) is 16.8. The molecule has 0 saturated carbocycles. The maximum Gasteiger partial charge on any atom is 0.238 e. The van der Waals surface area contributed by atoms with Gasteiger partial charge in [0.05, 0.1) is 33.6 Å². The number of fused-ring (bicyclic) bond motifs is 15. The van der Waals surface area contributed by atoms with Crippen LogP contribution in [0, 0.1) is 0 Å². The lowest BCUT2D eigenvalue weighted by Crippen LogP contribution is -2.35. The first-order chi connectivity index (χ1) is 39.2. The molecule has 5 heterocycles. The molecule has 10 aromatic carbocycles. The molecule has 0 N–H and O–H groups in total. The first-order valence-corrected chi connectivity index (χ1v) is 27.2. The number of hydrogen-bond acceptors (Lipinski definition) is 4. The van der Waals surface area contributed by atoms with Gasteiger partial charge in [-0.05, 0) is 93.9 Å². The van der Waals surface area contributed by atoms with Gasteiger partial charge in [0.1, 0.15) is 0 Å². The van der Waals surface area contributed by atoms with Gasteiger partial charge in [0.25, 0.3) is 0 Å². The fourth-order valence-electron chi connectivity index (χ4n) is 13.3. The van der Waals surface area contributed by atoms with Crippen LogP contribution in [-0.2, 0) is 0 Å². The Labute approximate surface area is 454 Å². The Hall–Kier alpha value is -10.4. The van der Waals surface area contributed by atoms with Gasteiger partial charge >= 0.3 is 0 Å². The second-order valence-corrected chi connectivity index (χ2v) is 21.1. The zero-order valence-electron chi connectivity index (χ0n) is 42.9. The molecule has 0 fully saturated rings. The van der Waals surface area contributed by atoms with Gasteiger partial charge in [-0.3, -0.25) is 4.57 Å². The summed E-state index contributed by atoms with van der Waals surface area (Å²) in [5.41, 5.74) is 14.9. The maximum absolute atomic E-state index is 5.50. The molecule has 1 unspecified atom stereocenters. The second-order valence-electron chi connectivity index (χ2n) is 21.1. The summed E-state index contributed by atoms with van der Waals surface area (Å²) in [7, 11) is 0. The van der Waals surface area contributed by atoms with Gasteiger partial charge in [-0.25, -0.2) is 4.98 Å². The number of nitrogens with zero attached hydrogens (tertiary/aromatic N) is 7. The minimum absolute atomic E-state index is 0.0180. The SMILES string of the molecule is C1=C2CC(=c3c(c4ccccc4n3-c3nc(-c4ccc5ccccc5c4)nc(-c4ccc5ccccc5c4)n3)=C1)c1ccccc1N2C1=CC(n2c3ccccc3c3ccccc32)=CC(n2c3ccccc3c3ccccc32)C1. The van der Waals surface area contributed by atoms with Crippen molar-refractivity contribution in [1.82, 2.24) is 28.7 Å². The summed E-state index contributed by atoms with van der Waals surface area (Å²) < 4.78 is 7.39. The molecule has 0 amide bonds. The molecule has 0 spiro atoms. The molecular formula is C72H47N7. The summed E-state index contributed by atoms with van der Waals surface area (Å²) in [5, 5.41) is 13.0. The van der Waals surface area contributed by atoms with E-state index in [4.69, 9.17) is 15.0 Å². The second kappa shape index (κ2) is 17.1. The van der Waals surface area contributed by atoms with Crippen molar-refractivity contribution in [1.29, 1.82) is 0 Å². The zero-order chi connectivity index (χ0) is 51.7. The Morgan fingerprint density at radius 2 is 0.899 bits per heavy atom. The van der Waals surface area contributed by atoms with E-state index in [0.29, 0.717) is 24.0 Å². The lowest BCUT2D eigenvalue weighted by Gasteiger charge is -2.39. The highest BCUT2D eigenvalue weighted by molar-refractivity contribution is 6.11. The molecule has 0 saturated heterocycles. The van der Waals surface area contributed by atoms with Crippen LogP contribution in [-0.4, -0.2) is 28.7 Å². The predicted molar refractivity (Wildman–Crippen MR) is 325 cm³/mol. The van der Waals surface area contributed by atoms with Gasteiger partial charge < -0.3 is 14.0 Å². The molecule has 14 aromatic rings. The molecule has 1 aliphatic heterocycles. The summed E-state index contributed by atoms with van der Waals surface area (Å²) in [6, 6.07) is 83.2. The fourth-order valence-corrected chi connectivity index (χ4v) is 13.3. The molecule has 7 heteroatoms. The molecule has 370 valence electrons. The van der Waals surface area contributed by atoms with Crippen LogP contribution in [0.15, 0.2) is 260 Å². The first kappa shape index (κ1) is 43.8. The number of allylic oxidation sites excluding steroid dienone is 6. The summed E-state index contributed by atoms with van der Waals surface area (Å²) in [6.07, 6.45) is 11.2. The quantitative estimate of drug-likeness (QED) is 0.167. The van der Waals surface area contributed by atoms with Crippen molar-refractivity contribution in [3.8, 4) is 28.7 Å². The molecule has 79 heavy (non-hydrogen) atoms. The average Bonchev–Trinajstić information content (AvgIpc) is 4.24. The lowest BCUT2D eigenvalue weighted by molar-refractivity contribution is 0.618. The number of hydrogen-bond donors (Lipinski definition) is 0. The molecular weight excluding hydrogens is 963 g/mol. The molecule has 3 aliphatic rings. The Morgan fingerprint density at radius 1 is 0.405 bits per heavy atom. The third kappa shape index (κ3) is 6.69. The van der Waals surface area contributed by atoms with Crippen molar-refractivity contribution in [3.05, 3.63) is 276 Å². The van der Waals surface area contributed by atoms with Crippen LogP contribution in [0.5, 0.6) is 0 Å². The summed E-state index contributed by atoms with van der Waals surface area (Å²) in [6.45, 7) is 0. The minimum Gasteiger partial charge on any atom is -0.333 e. The highest BCUT2D eigenvalue weighted by atomic mass is 15.2. The highest BCUT2D eigenvalue weighted by Gasteiger charge is 2.34. The van der Waals surface area contributed by atoms with Crippen molar-refractivity contribution in [2.45, 2.75) is 18.9 Å². The van der Waals surface area contributed by atoms with E-state index in [-0.39, 0.29) is 6.04 Å². The summed E-state index contributed by atoms with van der Waals surface area (Å²) in [5.74, 6) is 1.82. The number of anilines is 1. The van der Waals surface area contributed by atoms with Gasteiger partial charge in [0, 0.05) is 89.8 Å². The Kier molecular flexibility index (Phi) is 9.47. The molecule has 2 aliphatic carbocycles. The standard InChI is InChI=1S/C72H47N7/c1-3-19-47-39-49(35-33-45(47)17-1)70-73-71(50-36-34-46-18-2-4-20-48(46)40-50)75-72(74-70)79-68-32-16-9-25-59(68)61-38-37-51-44-62(69(61)79)60-26-10-11-27-63(60)76(51)52-41-53(77-64-28-12-5-21-55(64)56-22-6-13-29-65(56)77)43-54(42-52)78-66-30-14-7-23-57(66)58-24-8-15-31-67(58)78/h1-41,43,54H,42,44H2. The van der Waals surface area contributed by atoms with Crippen molar-refractivity contribution < 1.29 is 0 Å². The molecule has 0 radical (unpaired) electrons. The van der Waals surface area contributed by atoms with E-state index in [2.05, 4.69) is 273 Å². The van der Waals surface area contributed by atoms with Crippen molar-refractivity contribution in [2.75, 3.05) is 4.90 Å². The first-order valence-electron chi connectivity index (χ1n) is 27.2. The normalized spacial score (nSPS) is 15.1. The van der Waals surface area contributed by atoms with Crippen molar-refractivity contribution in [2.24, 2.45) is 0 Å². The van der Waals surface area contributed by atoms with Crippen LogP contribution in [0.4, 0.5) is 5.69 Å². The number of para-hydroxylation sites is 6. The summed E-state index contributed by atoms with van der Waals surface area (Å²) in [4.78, 5) is 18.9. The van der Waals surface area contributed by atoms with Crippen molar-refractivity contribution >= 4 is 99.1 Å². The molecule has 4 aromatic heterocycles. The summed E-state index contributed by atoms with van der Waals surface area (Å²) >= 11 is 0. The number of aromatic nitrogens is 6. The van der Waals surface area contributed by atoms with E-state index in [1.165, 1.54) is 76.9 Å². The molecule has 1 atom stereocenters.